The third-order valence-corrected chi connectivity index (χ3v) is 0.992. The predicted octanol–water partition coefficient (Wildman–Crippen LogP) is 2.68. The number of alkyl halides is 1. The summed E-state index contributed by atoms with van der Waals surface area (Å²) in [4.78, 5) is 0. The Kier molecular flexibility index (Phi) is 3.40. The molecule has 0 aliphatic carbocycles. The highest BCUT2D eigenvalue weighted by Gasteiger charge is 2.01. The minimum absolute atomic E-state index is 0.151. The summed E-state index contributed by atoms with van der Waals surface area (Å²) in [5.74, 6) is 1.16. The van der Waals surface area contributed by atoms with Crippen LogP contribution in [-0.4, -0.2) is 5.38 Å². The van der Waals surface area contributed by atoms with Crippen molar-refractivity contribution in [2.45, 2.75) is 19.2 Å². The van der Waals surface area contributed by atoms with Gasteiger partial charge in [-0.2, -0.15) is 0 Å². The standard InChI is InChI=1S/C7H11ClO/c1-5(2)9-7(4)6(3)8/h6H,1,4H2,2-3H3. The topological polar surface area (TPSA) is 9.23 Å². The zero-order valence-corrected chi connectivity index (χ0v) is 6.53. The first-order valence-corrected chi connectivity index (χ1v) is 3.14. The summed E-state index contributed by atoms with van der Waals surface area (Å²) in [5, 5.41) is -0.151. The van der Waals surface area contributed by atoms with Crippen molar-refractivity contribution >= 4 is 11.6 Å². The summed E-state index contributed by atoms with van der Waals surface area (Å²) in [6, 6.07) is 0. The van der Waals surface area contributed by atoms with E-state index in [1.807, 2.05) is 0 Å². The van der Waals surface area contributed by atoms with E-state index >= 15 is 0 Å². The molecule has 1 atom stereocenters. The molecular weight excluding hydrogens is 136 g/mol. The van der Waals surface area contributed by atoms with Gasteiger partial charge in [-0.25, -0.2) is 0 Å². The van der Waals surface area contributed by atoms with Crippen LogP contribution in [0.1, 0.15) is 13.8 Å². The lowest BCUT2D eigenvalue weighted by Gasteiger charge is -2.08. The highest BCUT2D eigenvalue weighted by atomic mass is 35.5. The Hall–Kier alpha value is -0.430. The maximum absolute atomic E-state index is 5.61. The number of hydrogen-bond acceptors (Lipinski definition) is 1. The largest absolute Gasteiger partial charge is 0.466 e. The summed E-state index contributed by atoms with van der Waals surface area (Å²) in [7, 11) is 0. The second-order valence-electron chi connectivity index (χ2n) is 1.89. The van der Waals surface area contributed by atoms with Gasteiger partial charge < -0.3 is 4.74 Å². The van der Waals surface area contributed by atoms with Crippen LogP contribution in [0.2, 0.25) is 0 Å². The van der Waals surface area contributed by atoms with Gasteiger partial charge in [0.05, 0.1) is 11.1 Å². The Balaban J connectivity index is 3.64. The van der Waals surface area contributed by atoms with Gasteiger partial charge in [0.1, 0.15) is 5.76 Å². The van der Waals surface area contributed by atoms with Crippen LogP contribution in [0.15, 0.2) is 24.7 Å². The van der Waals surface area contributed by atoms with Gasteiger partial charge in [0, 0.05) is 0 Å². The Bertz CT molecular complexity index is 127. The highest BCUT2D eigenvalue weighted by Crippen LogP contribution is 2.10. The van der Waals surface area contributed by atoms with Gasteiger partial charge in [-0.3, -0.25) is 0 Å². The van der Waals surface area contributed by atoms with E-state index < -0.39 is 0 Å². The van der Waals surface area contributed by atoms with E-state index in [-0.39, 0.29) is 5.38 Å². The molecule has 1 unspecified atom stereocenters. The highest BCUT2D eigenvalue weighted by molar-refractivity contribution is 6.21. The molecule has 1 nitrogen and oxygen atoms in total. The van der Waals surface area contributed by atoms with Crippen LogP contribution in [0.3, 0.4) is 0 Å². The van der Waals surface area contributed by atoms with Crippen molar-refractivity contribution in [2.24, 2.45) is 0 Å². The summed E-state index contributed by atoms with van der Waals surface area (Å²) >= 11 is 5.61. The van der Waals surface area contributed by atoms with E-state index in [9.17, 15) is 0 Å². The average Bonchev–Trinajstić information content (AvgIpc) is 1.63. The van der Waals surface area contributed by atoms with E-state index in [1.165, 1.54) is 0 Å². The normalized spacial score (nSPS) is 12.3. The molecule has 0 N–H and O–H groups in total. The molecule has 52 valence electrons. The molecule has 0 amide bonds. The van der Waals surface area contributed by atoms with E-state index in [4.69, 9.17) is 16.3 Å². The number of allylic oxidation sites excluding steroid dienone is 2. The fourth-order valence-electron chi connectivity index (χ4n) is 0.305. The lowest BCUT2D eigenvalue weighted by atomic mass is 10.4. The SMILES string of the molecule is C=C(C)OC(=C)C(C)Cl. The van der Waals surface area contributed by atoms with E-state index in [2.05, 4.69) is 13.2 Å². The van der Waals surface area contributed by atoms with Gasteiger partial charge >= 0.3 is 0 Å². The van der Waals surface area contributed by atoms with Crippen LogP contribution < -0.4 is 0 Å². The number of hydrogen-bond donors (Lipinski definition) is 0. The molecule has 0 aromatic heterocycles. The van der Waals surface area contributed by atoms with Gasteiger partial charge in [-0.1, -0.05) is 13.2 Å². The molecule has 0 saturated heterocycles. The molecule has 0 aromatic carbocycles. The fraction of sp³-hybridized carbons (Fsp3) is 0.429. The van der Waals surface area contributed by atoms with Crippen LogP contribution in [-0.2, 0) is 4.74 Å². The molecule has 0 rings (SSSR count). The molecule has 0 radical (unpaired) electrons. The Morgan fingerprint density at radius 2 is 2.00 bits per heavy atom. The Morgan fingerprint density at radius 3 is 2.11 bits per heavy atom. The average molecular weight is 147 g/mol. The quantitative estimate of drug-likeness (QED) is 0.440. The monoisotopic (exact) mass is 146 g/mol. The summed E-state index contributed by atoms with van der Waals surface area (Å²) in [6.07, 6.45) is 0. The number of halogens is 1. The minimum atomic E-state index is -0.151. The van der Waals surface area contributed by atoms with Gasteiger partial charge in [0.25, 0.3) is 0 Å². The molecule has 0 aliphatic heterocycles. The third kappa shape index (κ3) is 4.10. The van der Waals surface area contributed by atoms with Gasteiger partial charge in [0.2, 0.25) is 0 Å². The van der Waals surface area contributed by atoms with Crippen molar-refractivity contribution in [3.05, 3.63) is 24.7 Å². The van der Waals surface area contributed by atoms with Crippen LogP contribution in [0, 0.1) is 0 Å². The van der Waals surface area contributed by atoms with E-state index in [0.29, 0.717) is 11.5 Å². The number of ether oxygens (including phenoxy) is 1. The first-order valence-electron chi connectivity index (χ1n) is 2.70. The summed E-state index contributed by atoms with van der Waals surface area (Å²) < 4.78 is 4.99. The molecule has 0 aromatic rings. The molecule has 0 spiro atoms. The molecule has 0 bridgehead atoms. The molecule has 0 fully saturated rings. The van der Waals surface area contributed by atoms with Crippen molar-refractivity contribution in [3.63, 3.8) is 0 Å². The molecule has 0 aliphatic rings. The molecule has 2 heteroatoms. The molecule has 9 heavy (non-hydrogen) atoms. The lowest BCUT2D eigenvalue weighted by molar-refractivity contribution is 0.301. The first kappa shape index (κ1) is 8.57. The summed E-state index contributed by atoms with van der Waals surface area (Å²) in [6.45, 7) is 10.7. The Morgan fingerprint density at radius 1 is 1.56 bits per heavy atom. The second-order valence-corrected chi connectivity index (χ2v) is 2.54. The van der Waals surface area contributed by atoms with Gasteiger partial charge in [-0.05, 0) is 13.8 Å². The maximum Gasteiger partial charge on any atom is 0.114 e. The fourth-order valence-corrected chi connectivity index (χ4v) is 0.350. The van der Waals surface area contributed by atoms with Crippen molar-refractivity contribution in [2.75, 3.05) is 0 Å². The van der Waals surface area contributed by atoms with Crippen LogP contribution in [0.5, 0.6) is 0 Å². The predicted molar refractivity (Wildman–Crippen MR) is 40.4 cm³/mol. The lowest BCUT2D eigenvalue weighted by Crippen LogP contribution is -1.98. The third-order valence-electron chi connectivity index (χ3n) is 0.749. The van der Waals surface area contributed by atoms with Crippen molar-refractivity contribution < 1.29 is 4.74 Å². The van der Waals surface area contributed by atoms with E-state index in [1.54, 1.807) is 13.8 Å². The van der Waals surface area contributed by atoms with Crippen molar-refractivity contribution in [1.82, 2.24) is 0 Å². The van der Waals surface area contributed by atoms with Crippen LogP contribution in [0.4, 0.5) is 0 Å². The summed E-state index contributed by atoms with van der Waals surface area (Å²) in [5.41, 5.74) is 0. The van der Waals surface area contributed by atoms with E-state index in [0.717, 1.165) is 0 Å². The zero-order valence-electron chi connectivity index (χ0n) is 5.78. The van der Waals surface area contributed by atoms with Crippen molar-refractivity contribution in [1.29, 1.82) is 0 Å². The second kappa shape index (κ2) is 3.57. The van der Waals surface area contributed by atoms with Gasteiger partial charge in [-0.15, -0.1) is 11.6 Å². The maximum atomic E-state index is 5.61. The molecule has 0 saturated carbocycles. The molecule has 0 heterocycles. The Labute approximate surface area is 61.0 Å². The molecular formula is C7H11ClO. The van der Waals surface area contributed by atoms with Gasteiger partial charge in [0.15, 0.2) is 0 Å². The van der Waals surface area contributed by atoms with Crippen LogP contribution >= 0.6 is 11.6 Å². The minimum Gasteiger partial charge on any atom is -0.466 e. The zero-order chi connectivity index (χ0) is 7.44. The number of rotatable bonds is 3. The van der Waals surface area contributed by atoms with Crippen molar-refractivity contribution in [3.8, 4) is 0 Å². The smallest absolute Gasteiger partial charge is 0.114 e. The van der Waals surface area contributed by atoms with Crippen LogP contribution in [0.25, 0.3) is 0 Å². The first-order chi connectivity index (χ1) is 4.04.